The number of primary amides is 1. The number of pyridine rings is 1. The van der Waals surface area contributed by atoms with Gasteiger partial charge in [0.25, 0.3) is 0 Å². The first-order valence-electron chi connectivity index (χ1n) is 8.46. The predicted octanol–water partition coefficient (Wildman–Crippen LogP) is 2.13. The Morgan fingerprint density at radius 3 is 2.81 bits per heavy atom. The zero-order chi connectivity index (χ0) is 19.4. The van der Waals surface area contributed by atoms with Gasteiger partial charge in [0.15, 0.2) is 0 Å². The molecule has 1 fully saturated rings. The number of hydrogen-bond donors (Lipinski definition) is 3. The Kier molecular flexibility index (Phi) is 5.50. The van der Waals surface area contributed by atoms with E-state index >= 15 is 0 Å². The molecule has 1 aliphatic heterocycles. The number of hydrogen-bond acceptors (Lipinski definition) is 5. The molecule has 1 atom stereocenters. The highest BCUT2D eigenvalue weighted by Gasteiger charge is 2.41. The summed E-state index contributed by atoms with van der Waals surface area (Å²) in [4.78, 5) is 16.9. The van der Waals surface area contributed by atoms with Crippen LogP contribution in [0.1, 0.15) is 15.9 Å². The zero-order valence-corrected chi connectivity index (χ0v) is 14.5. The number of anilines is 2. The van der Waals surface area contributed by atoms with Gasteiger partial charge in [-0.1, -0.05) is 12.1 Å². The molecule has 1 saturated heterocycles. The van der Waals surface area contributed by atoms with E-state index in [9.17, 15) is 18.0 Å². The Balaban J connectivity index is 1.64. The second kappa shape index (κ2) is 7.83. The predicted molar refractivity (Wildman–Crippen MR) is 96.6 cm³/mol. The van der Waals surface area contributed by atoms with Crippen molar-refractivity contribution in [2.45, 2.75) is 18.8 Å². The maximum atomic E-state index is 13.0. The Hall–Kier alpha value is -2.81. The van der Waals surface area contributed by atoms with Gasteiger partial charge in [0.2, 0.25) is 5.91 Å². The van der Waals surface area contributed by atoms with Gasteiger partial charge in [-0.15, -0.1) is 0 Å². The largest absolute Gasteiger partial charge is 0.405 e. The van der Waals surface area contributed by atoms with E-state index in [1.54, 1.807) is 17.0 Å². The summed E-state index contributed by atoms with van der Waals surface area (Å²) < 4.78 is 38.9. The number of halogens is 3. The summed E-state index contributed by atoms with van der Waals surface area (Å²) >= 11 is 0. The number of carbonyl (C=O) groups is 1. The Morgan fingerprint density at radius 2 is 2.15 bits per heavy atom. The molecule has 2 aromatic rings. The number of carbonyl (C=O) groups excluding carboxylic acids is 1. The summed E-state index contributed by atoms with van der Waals surface area (Å²) in [6, 6.07) is 9.07. The molecule has 6 nitrogen and oxygen atoms in total. The van der Waals surface area contributed by atoms with E-state index in [2.05, 4.69) is 15.6 Å². The fourth-order valence-corrected chi connectivity index (χ4v) is 2.90. The van der Waals surface area contributed by atoms with Gasteiger partial charge in [-0.25, -0.2) is 4.98 Å². The van der Waals surface area contributed by atoms with Gasteiger partial charge in [0.05, 0.1) is 5.56 Å². The molecule has 1 aromatic carbocycles. The van der Waals surface area contributed by atoms with Gasteiger partial charge in [-0.05, 0) is 29.8 Å². The van der Waals surface area contributed by atoms with Gasteiger partial charge in [-0.3, -0.25) is 4.79 Å². The van der Waals surface area contributed by atoms with Gasteiger partial charge >= 0.3 is 6.18 Å². The third-order valence-electron chi connectivity index (χ3n) is 4.37. The normalized spacial score (nSPS) is 17.6. The maximum Gasteiger partial charge on any atom is 0.405 e. The van der Waals surface area contributed by atoms with Crippen molar-refractivity contribution in [1.29, 1.82) is 0 Å². The minimum absolute atomic E-state index is 0.115. The highest BCUT2D eigenvalue weighted by atomic mass is 19.4. The van der Waals surface area contributed by atoms with Crippen LogP contribution in [-0.2, 0) is 6.54 Å². The lowest BCUT2D eigenvalue weighted by Crippen LogP contribution is -2.57. The van der Waals surface area contributed by atoms with Crippen LogP contribution in [0.15, 0.2) is 42.6 Å². The highest BCUT2D eigenvalue weighted by Crippen LogP contribution is 2.25. The van der Waals surface area contributed by atoms with Crippen LogP contribution in [0.3, 0.4) is 0 Å². The molecule has 1 amide bonds. The van der Waals surface area contributed by atoms with E-state index < -0.39 is 18.1 Å². The molecule has 9 heteroatoms. The summed E-state index contributed by atoms with van der Waals surface area (Å²) in [6.45, 7) is 1.13. The van der Waals surface area contributed by atoms with E-state index in [1.807, 2.05) is 24.3 Å². The second-order valence-corrected chi connectivity index (χ2v) is 6.31. The monoisotopic (exact) mass is 379 g/mol. The molecule has 4 N–H and O–H groups in total. The maximum absolute atomic E-state index is 13.0. The fourth-order valence-electron chi connectivity index (χ4n) is 2.90. The van der Waals surface area contributed by atoms with Gasteiger partial charge in [0, 0.05) is 38.1 Å². The van der Waals surface area contributed by atoms with E-state index in [1.165, 1.54) is 6.20 Å². The average Bonchev–Trinajstić information content (AvgIpc) is 2.66. The smallest absolute Gasteiger partial charge is 0.368 e. The first kappa shape index (κ1) is 19.0. The minimum atomic E-state index is -4.26. The summed E-state index contributed by atoms with van der Waals surface area (Å²) in [6.07, 6.45) is -2.88. The molecule has 0 spiro atoms. The van der Waals surface area contributed by atoms with Crippen molar-refractivity contribution in [3.05, 3.63) is 53.7 Å². The number of nitrogens with one attached hydrogen (secondary N) is 2. The molecule has 0 saturated carbocycles. The highest BCUT2D eigenvalue weighted by molar-refractivity contribution is 5.92. The van der Waals surface area contributed by atoms with Crippen LogP contribution in [0.4, 0.5) is 24.7 Å². The summed E-state index contributed by atoms with van der Waals surface area (Å²) in [5.74, 6) is 0.0274. The molecule has 0 radical (unpaired) electrons. The van der Waals surface area contributed by atoms with Crippen LogP contribution in [0, 0.1) is 0 Å². The van der Waals surface area contributed by atoms with Crippen molar-refractivity contribution in [3.8, 4) is 0 Å². The van der Waals surface area contributed by atoms with Crippen molar-refractivity contribution >= 4 is 17.4 Å². The van der Waals surface area contributed by atoms with E-state index in [-0.39, 0.29) is 13.1 Å². The summed E-state index contributed by atoms with van der Waals surface area (Å²) in [7, 11) is 0. The molecule has 144 valence electrons. The van der Waals surface area contributed by atoms with Gasteiger partial charge < -0.3 is 21.3 Å². The van der Waals surface area contributed by atoms with Crippen molar-refractivity contribution in [3.63, 3.8) is 0 Å². The third kappa shape index (κ3) is 4.88. The Morgan fingerprint density at radius 1 is 1.33 bits per heavy atom. The van der Waals surface area contributed by atoms with Crippen molar-refractivity contribution in [2.24, 2.45) is 5.73 Å². The molecule has 2 heterocycles. The quantitative estimate of drug-likeness (QED) is 0.741. The Bertz CT molecular complexity index is 794. The second-order valence-electron chi connectivity index (χ2n) is 6.31. The van der Waals surface area contributed by atoms with Crippen LogP contribution in [0.5, 0.6) is 0 Å². The van der Waals surface area contributed by atoms with Crippen molar-refractivity contribution < 1.29 is 18.0 Å². The number of rotatable bonds is 5. The molecule has 1 aromatic heterocycles. The molecule has 1 unspecified atom stereocenters. The lowest BCUT2D eigenvalue weighted by atomic mass is 10.1. The van der Waals surface area contributed by atoms with Gasteiger partial charge in [0.1, 0.15) is 11.9 Å². The first-order valence-corrected chi connectivity index (χ1v) is 8.46. The molecule has 0 aliphatic carbocycles. The summed E-state index contributed by atoms with van der Waals surface area (Å²) in [5.41, 5.74) is 7.16. The van der Waals surface area contributed by atoms with Gasteiger partial charge in [-0.2, -0.15) is 13.2 Å². The van der Waals surface area contributed by atoms with E-state index in [0.717, 1.165) is 11.3 Å². The number of amides is 1. The summed E-state index contributed by atoms with van der Waals surface area (Å²) in [5, 5.41) is 5.63. The molecular weight excluding hydrogens is 359 g/mol. The molecule has 0 bridgehead atoms. The van der Waals surface area contributed by atoms with Crippen molar-refractivity contribution in [1.82, 2.24) is 10.3 Å². The number of nitrogens with zero attached hydrogens (tertiary/aromatic N) is 2. The SMILES string of the molecule is NC(=O)c1ccc(NCc2cccc(N3CCNC(C(F)(F)F)C3)c2)nc1. The number of aromatic nitrogens is 1. The molecule has 3 rings (SSSR count). The van der Waals surface area contributed by atoms with Crippen LogP contribution >= 0.6 is 0 Å². The number of nitrogens with two attached hydrogens (primary N) is 1. The standard InChI is InChI=1S/C18H20F3N5O/c19-18(20,21)15-11-26(7-6-23-15)14-3-1-2-12(8-14)9-24-16-5-4-13(10-25-16)17(22)27/h1-5,8,10,15,23H,6-7,9,11H2,(H2,22,27)(H,24,25). The van der Waals surface area contributed by atoms with Crippen LogP contribution in [0.25, 0.3) is 0 Å². The molecular formula is C18H20F3N5O. The molecule has 1 aliphatic rings. The Labute approximate surface area is 154 Å². The van der Waals surface area contributed by atoms with E-state index in [4.69, 9.17) is 5.73 Å². The fraction of sp³-hybridized carbons (Fsp3) is 0.333. The average molecular weight is 379 g/mol. The number of benzene rings is 1. The lowest BCUT2D eigenvalue weighted by molar-refractivity contribution is -0.155. The third-order valence-corrected chi connectivity index (χ3v) is 4.37. The minimum Gasteiger partial charge on any atom is -0.368 e. The van der Waals surface area contributed by atoms with Crippen LogP contribution in [0.2, 0.25) is 0 Å². The van der Waals surface area contributed by atoms with Crippen LogP contribution in [-0.4, -0.2) is 42.7 Å². The number of piperazine rings is 1. The zero-order valence-electron chi connectivity index (χ0n) is 14.5. The van der Waals surface area contributed by atoms with E-state index in [0.29, 0.717) is 24.5 Å². The number of alkyl halides is 3. The first-order chi connectivity index (χ1) is 12.8. The molecule has 27 heavy (non-hydrogen) atoms. The topological polar surface area (TPSA) is 83.3 Å². The lowest BCUT2D eigenvalue weighted by Gasteiger charge is -2.36. The van der Waals surface area contributed by atoms with Crippen LogP contribution < -0.4 is 21.3 Å². The van der Waals surface area contributed by atoms with Crippen molar-refractivity contribution in [2.75, 3.05) is 29.9 Å².